The Morgan fingerprint density at radius 3 is 2.81 bits per heavy atom. The van der Waals surface area contributed by atoms with Gasteiger partial charge in [-0.1, -0.05) is 0 Å². The number of hydrogen-bond donors (Lipinski definition) is 1. The Balaban J connectivity index is 2.08. The van der Waals surface area contributed by atoms with Gasteiger partial charge in [0, 0.05) is 23.5 Å². The van der Waals surface area contributed by atoms with Gasteiger partial charge in [-0.05, 0) is 37.4 Å². The van der Waals surface area contributed by atoms with Gasteiger partial charge in [0.05, 0.1) is 6.61 Å². The van der Waals surface area contributed by atoms with Crippen LogP contribution in [0.25, 0.3) is 17.0 Å². The van der Waals surface area contributed by atoms with E-state index in [-0.39, 0.29) is 12.6 Å². The Morgan fingerprint density at radius 2 is 2.14 bits per heavy atom. The predicted octanol–water partition coefficient (Wildman–Crippen LogP) is 2.06. The second-order valence-electron chi connectivity index (χ2n) is 5.01. The Morgan fingerprint density at radius 1 is 1.29 bits per heavy atom. The molecule has 0 spiro atoms. The number of aliphatic hydroxyl groups is 1. The summed E-state index contributed by atoms with van der Waals surface area (Å²) in [4.78, 5) is 2.05. The highest BCUT2D eigenvalue weighted by Crippen LogP contribution is 2.22. The zero-order valence-electron chi connectivity index (χ0n) is 12.0. The van der Waals surface area contributed by atoms with Crippen molar-refractivity contribution in [1.29, 1.82) is 0 Å². The average Bonchev–Trinajstić information content (AvgIpc) is 3.12. The largest absolute Gasteiger partial charge is 0.395 e. The summed E-state index contributed by atoms with van der Waals surface area (Å²) < 4.78 is 1.75. The molecule has 0 aliphatic heterocycles. The van der Waals surface area contributed by atoms with Crippen molar-refractivity contribution in [3.8, 4) is 11.4 Å². The highest BCUT2D eigenvalue weighted by atomic mass is 32.1. The van der Waals surface area contributed by atoms with Crippen LogP contribution in [0.2, 0.25) is 0 Å². The molecule has 0 unspecified atom stereocenters. The normalized spacial score (nSPS) is 11.4. The van der Waals surface area contributed by atoms with E-state index in [2.05, 4.69) is 34.0 Å². The van der Waals surface area contributed by atoms with Gasteiger partial charge in [-0.2, -0.15) is 15.9 Å². The van der Waals surface area contributed by atoms with Crippen molar-refractivity contribution in [2.24, 2.45) is 0 Å². The zero-order chi connectivity index (χ0) is 14.8. The van der Waals surface area contributed by atoms with Crippen molar-refractivity contribution >= 4 is 22.8 Å². The number of rotatable bonds is 5. The van der Waals surface area contributed by atoms with Crippen molar-refractivity contribution < 1.29 is 5.11 Å². The molecule has 0 atom stereocenters. The van der Waals surface area contributed by atoms with Crippen LogP contribution in [0.3, 0.4) is 0 Å². The van der Waals surface area contributed by atoms with E-state index >= 15 is 0 Å². The van der Waals surface area contributed by atoms with Crippen LogP contribution in [-0.4, -0.2) is 44.1 Å². The van der Waals surface area contributed by atoms with Crippen LogP contribution < -0.4 is 4.90 Å². The van der Waals surface area contributed by atoms with Crippen LogP contribution in [0, 0.1) is 0 Å². The summed E-state index contributed by atoms with van der Waals surface area (Å²) in [6, 6.07) is 6.07. The van der Waals surface area contributed by atoms with E-state index in [0.717, 1.165) is 17.2 Å². The molecule has 3 aromatic rings. The van der Waals surface area contributed by atoms with Crippen LogP contribution in [0.1, 0.15) is 13.8 Å². The predicted molar refractivity (Wildman–Crippen MR) is 83.7 cm³/mol. The first-order valence-electron chi connectivity index (χ1n) is 6.83. The van der Waals surface area contributed by atoms with E-state index in [1.807, 2.05) is 29.0 Å². The molecule has 3 rings (SSSR count). The van der Waals surface area contributed by atoms with Crippen LogP contribution in [-0.2, 0) is 0 Å². The standard InChI is InChI=1S/C14H17N5OS/c1-10(2)18(6-7-20)13-4-3-12-15-16-14(19(12)17-13)11-5-8-21-9-11/h3-5,8-10,20H,6-7H2,1-2H3. The second kappa shape index (κ2) is 5.79. The van der Waals surface area contributed by atoms with Gasteiger partial charge in [-0.25, -0.2) is 0 Å². The average molecular weight is 303 g/mol. The first-order chi connectivity index (χ1) is 10.2. The summed E-state index contributed by atoms with van der Waals surface area (Å²) in [6.45, 7) is 4.80. The monoisotopic (exact) mass is 303 g/mol. The first-order valence-corrected chi connectivity index (χ1v) is 7.77. The summed E-state index contributed by atoms with van der Waals surface area (Å²) in [7, 11) is 0. The Kier molecular flexibility index (Phi) is 3.85. The molecule has 0 aliphatic carbocycles. The van der Waals surface area contributed by atoms with E-state index in [4.69, 9.17) is 0 Å². The van der Waals surface area contributed by atoms with Gasteiger partial charge in [0.25, 0.3) is 0 Å². The minimum Gasteiger partial charge on any atom is -0.395 e. The van der Waals surface area contributed by atoms with Crippen LogP contribution in [0.15, 0.2) is 29.0 Å². The molecule has 3 aromatic heterocycles. The lowest BCUT2D eigenvalue weighted by atomic mass is 10.3. The lowest BCUT2D eigenvalue weighted by Gasteiger charge is -2.26. The zero-order valence-corrected chi connectivity index (χ0v) is 12.8. The number of thiophene rings is 1. The van der Waals surface area contributed by atoms with E-state index in [0.29, 0.717) is 12.2 Å². The molecule has 0 fully saturated rings. The van der Waals surface area contributed by atoms with E-state index in [1.165, 1.54) is 0 Å². The fraction of sp³-hybridized carbons (Fsp3) is 0.357. The quantitative estimate of drug-likeness (QED) is 0.781. The molecule has 0 bridgehead atoms. The molecule has 0 aliphatic rings. The number of hydrogen-bond acceptors (Lipinski definition) is 6. The van der Waals surface area contributed by atoms with Crippen LogP contribution in [0.5, 0.6) is 0 Å². The molecule has 1 N–H and O–H groups in total. The van der Waals surface area contributed by atoms with Crippen LogP contribution in [0.4, 0.5) is 5.82 Å². The van der Waals surface area contributed by atoms with E-state index < -0.39 is 0 Å². The van der Waals surface area contributed by atoms with Crippen molar-refractivity contribution in [2.45, 2.75) is 19.9 Å². The molecular formula is C14H17N5OS. The molecule has 0 saturated carbocycles. The first kappa shape index (κ1) is 14.0. The van der Waals surface area contributed by atoms with Crippen molar-refractivity contribution in [3.05, 3.63) is 29.0 Å². The summed E-state index contributed by atoms with van der Waals surface area (Å²) in [6.07, 6.45) is 0. The molecule has 0 amide bonds. The third kappa shape index (κ3) is 2.62. The Labute approximate surface area is 126 Å². The third-order valence-corrected chi connectivity index (χ3v) is 3.97. The number of anilines is 1. The van der Waals surface area contributed by atoms with Gasteiger partial charge in [0.2, 0.25) is 0 Å². The Hall–Kier alpha value is -1.99. The molecule has 21 heavy (non-hydrogen) atoms. The lowest BCUT2D eigenvalue weighted by Crippen LogP contribution is -2.34. The van der Waals surface area contributed by atoms with Crippen molar-refractivity contribution in [1.82, 2.24) is 19.8 Å². The maximum atomic E-state index is 9.23. The summed E-state index contributed by atoms with van der Waals surface area (Å²) in [5.41, 5.74) is 1.73. The van der Waals surface area contributed by atoms with Gasteiger partial charge >= 0.3 is 0 Å². The van der Waals surface area contributed by atoms with Gasteiger partial charge in [0.15, 0.2) is 11.5 Å². The minimum absolute atomic E-state index is 0.0947. The molecule has 110 valence electrons. The maximum Gasteiger partial charge on any atom is 0.186 e. The van der Waals surface area contributed by atoms with Gasteiger partial charge in [-0.15, -0.1) is 15.3 Å². The smallest absolute Gasteiger partial charge is 0.186 e. The molecule has 7 heteroatoms. The summed E-state index contributed by atoms with van der Waals surface area (Å²) >= 11 is 1.62. The number of aliphatic hydroxyl groups excluding tert-OH is 1. The number of nitrogens with zero attached hydrogens (tertiary/aromatic N) is 5. The molecular weight excluding hydrogens is 286 g/mol. The number of aromatic nitrogens is 4. The minimum atomic E-state index is 0.0947. The fourth-order valence-electron chi connectivity index (χ4n) is 2.25. The fourth-order valence-corrected chi connectivity index (χ4v) is 2.88. The third-order valence-electron chi connectivity index (χ3n) is 3.29. The molecule has 6 nitrogen and oxygen atoms in total. The molecule has 0 saturated heterocycles. The Bertz CT molecular complexity index is 722. The van der Waals surface area contributed by atoms with Gasteiger partial charge < -0.3 is 10.0 Å². The number of fused-ring (bicyclic) bond motifs is 1. The van der Waals surface area contributed by atoms with Gasteiger partial charge in [-0.3, -0.25) is 0 Å². The van der Waals surface area contributed by atoms with Crippen LogP contribution >= 0.6 is 11.3 Å². The topological polar surface area (TPSA) is 66.5 Å². The van der Waals surface area contributed by atoms with E-state index in [9.17, 15) is 5.11 Å². The molecule has 0 aromatic carbocycles. The van der Waals surface area contributed by atoms with Crippen molar-refractivity contribution in [2.75, 3.05) is 18.1 Å². The lowest BCUT2D eigenvalue weighted by molar-refractivity contribution is 0.298. The second-order valence-corrected chi connectivity index (χ2v) is 5.79. The molecule has 0 radical (unpaired) electrons. The highest BCUT2D eigenvalue weighted by molar-refractivity contribution is 7.08. The maximum absolute atomic E-state index is 9.23. The highest BCUT2D eigenvalue weighted by Gasteiger charge is 2.15. The van der Waals surface area contributed by atoms with Crippen molar-refractivity contribution in [3.63, 3.8) is 0 Å². The SMILES string of the molecule is CC(C)N(CCO)c1ccc2nnc(-c3ccsc3)n2n1. The summed E-state index contributed by atoms with van der Waals surface area (Å²) in [5, 5.41) is 26.3. The van der Waals surface area contributed by atoms with Gasteiger partial charge in [0.1, 0.15) is 5.82 Å². The van der Waals surface area contributed by atoms with E-state index in [1.54, 1.807) is 15.9 Å². The molecule has 3 heterocycles. The summed E-state index contributed by atoms with van der Waals surface area (Å²) in [5.74, 6) is 1.55.